The molecule has 0 saturated heterocycles. The minimum atomic E-state index is -0.643. The van der Waals surface area contributed by atoms with Crippen molar-refractivity contribution in [3.63, 3.8) is 0 Å². The molecule has 0 bridgehead atoms. The lowest BCUT2D eigenvalue weighted by atomic mass is 10.0. The van der Waals surface area contributed by atoms with Gasteiger partial charge in [0.25, 0.3) is 0 Å². The molecule has 0 saturated carbocycles. The highest BCUT2D eigenvalue weighted by Gasteiger charge is 2.23. The standard InChI is InChI=1S/C17H21NO4/c1-11(2)16(17(20)21-3)18-15(19)7-5-12-4-6-14-13(10-12)8-9-22-14/h4-7,10-11,16H,8-9H2,1-3H3,(H,18,19)/t16-/m0/s1. The summed E-state index contributed by atoms with van der Waals surface area (Å²) in [5, 5.41) is 2.66. The van der Waals surface area contributed by atoms with Gasteiger partial charge in [-0.05, 0) is 35.3 Å². The van der Waals surface area contributed by atoms with E-state index >= 15 is 0 Å². The Morgan fingerprint density at radius 2 is 2.14 bits per heavy atom. The van der Waals surface area contributed by atoms with Crippen LogP contribution in [0.3, 0.4) is 0 Å². The number of benzene rings is 1. The molecule has 1 amide bonds. The Morgan fingerprint density at radius 3 is 2.82 bits per heavy atom. The number of hydrogen-bond donors (Lipinski definition) is 1. The number of carbonyl (C=O) groups excluding carboxylic acids is 2. The molecule has 22 heavy (non-hydrogen) atoms. The van der Waals surface area contributed by atoms with E-state index in [1.807, 2.05) is 32.0 Å². The summed E-state index contributed by atoms with van der Waals surface area (Å²) in [6, 6.07) is 5.17. The van der Waals surface area contributed by atoms with E-state index in [4.69, 9.17) is 9.47 Å². The summed E-state index contributed by atoms with van der Waals surface area (Å²) in [6.45, 7) is 4.41. The molecule has 0 aromatic heterocycles. The van der Waals surface area contributed by atoms with Gasteiger partial charge in [0.2, 0.25) is 5.91 Å². The quantitative estimate of drug-likeness (QED) is 0.667. The molecule has 0 spiro atoms. The van der Waals surface area contributed by atoms with Gasteiger partial charge in [0.15, 0.2) is 0 Å². The predicted molar refractivity (Wildman–Crippen MR) is 83.5 cm³/mol. The van der Waals surface area contributed by atoms with Gasteiger partial charge in [-0.15, -0.1) is 0 Å². The lowest BCUT2D eigenvalue weighted by Gasteiger charge is -2.18. The molecule has 118 valence electrons. The van der Waals surface area contributed by atoms with Gasteiger partial charge in [-0.3, -0.25) is 4.79 Å². The summed E-state index contributed by atoms with van der Waals surface area (Å²) in [7, 11) is 1.31. The second kappa shape index (κ2) is 7.11. The number of rotatable bonds is 5. The average Bonchev–Trinajstić information content (AvgIpc) is 2.97. The molecule has 1 aromatic rings. The Morgan fingerprint density at radius 1 is 1.36 bits per heavy atom. The molecule has 1 N–H and O–H groups in total. The predicted octanol–water partition coefficient (Wildman–Crippen LogP) is 1.95. The molecule has 0 unspecified atom stereocenters. The van der Waals surface area contributed by atoms with Crippen LogP contribution < -0.4 is 10.1 Å². The van der Waals surface area contributed by atoms with Crippen LogP contribution in [0.15, 0.2) is 24.3 Å². The molecule has 0 fully saturated rings. The molecule has 0 radical (unpaired) electrons. The Balaban J connectivity index is 2.00. The maximum Gasteiger partial charge on any atom is 0.328 e. The van der Waals surface area contributed by atoms with Crippen LogP contribution >= 0.6 is 0 Å². The molecule has 5 nitrogen and oxygen atoms in total. The first kappa shape index (κ1) is 16.1. The lowest BCUT2D eigenvalue weighted by Crippen LogP contribution is -2.44. The van der Waals surface area contributed by atoms with Crippen LogP contribution in [-0.4, -0.2) is 31.6 Å². The SMILES string of the molecule is COC(=O)[C@@H](NC(=O)C=Cc1ccc2c(c1)CCO2)C(C)C. The van der Waals surface area contributed by atoms with Crippen LogP contribution in [0.5, 0.6) is 5.75 Å². The van der Waals surface area contributed by atoms with Crippen LogP contribution in [0.2, 0.25) is 0 Å². The number of ether oxygens (including phenoxy) is 2. The number of methoxy groups -OCH3 is 1. The normalized spacial score (nSPS) is 14.5. The summed E-state index contributed by atoms with van der Waals surface area (Å²) >= 11 is 0. The van der Waals surface area contributed by atoms with Crippen molar-refractivity contribution >= 4 is 18.0 Å². The van der Waals surface area contributed by atoms with Crippen molar-refractivity contribution in [2.45, 2.75) is 26.3 Å². The molecule has 0 aliphatic carbocycles. The molecule has 5 heteroatoms. The van der Waals surface area contributed by atoms with E-state index in [-0.39, 0.29) is 11.8 Å². The van der Waals surface area contributed by atoms with Crippen molar-refractivity contribution in [2.75, 3.05) is 13.7 Å². The maximum absolute atomic E-state index is 12.0. The van der Waals surface area contributed by atoms with E-state index in [0.717, 1.165) is 23.3 Å². The van der Waals surface area contributed by atoms with E-state index < -0.39 is 12.0 Å². The second-order valence-corrected chi connectivity index (χ2v) is 5.55. The Hall–Kier alpha value is -2.30. The van der Waals surface area contributed by atoms with Gasteiger partial charge >= 0.3 is 5.97 Å². The summed E-state index contributed by atoms with van der Waals surface area (Å²) < 4.78 is 10.1. The zero-order chi connectivity index (χ0) is 16.1. The average molecular weight is 303 g/mol. The third-order valence-electron chi connectivity index (χ3n) is 3.56. The number of esters is 1. The van der Waals surface area contributed by atoms with Crippen LogP contribution in [0.25, 0.3) is 6.08 Å². The van der Waals surface area contributed by atoms with Crippen LogP contribution in [0, 0.1) is 5.92 Å². The third-order valence-corrected chi connectivity index (χ3v) is 3.56. The molecule has 1 aliphatic heterocycles. The summed E-state index contributed by atoms with van der Waals surface area (Å²) in [6.07, 6.45) is 4.04. The first-order valence-corrected chi connectivity index (χ1v) is 7.33. The summed E-state index contributed by atoms with van der Waals surface area (Å²) in [5.74, 6) is 0.112. The van der Waals surface area contributed by atoms with Crippen molar-refractivity contribution in [1.82, 2.24) is 5.32 Å². The number of carbonyl (C=O) groups is 2. The van der Waals surface area contributed by atoms with Crippen molar-refractivity contribution in [3.05, 3.63) is 35.4 Å². The molecule has 1 atom stereocenters. The van der Waals surface area contributed by atoms with Gasteiger partial charge in [0.1, 0.15) is 11.8 Å². The summed E-state index contributed by atoms with van der Waals surface area (Å²) in [4.78, 5) is 23.6. The smallest absolute Gasteiger partial charge is 0.328 e. The van der Waals surface area contributed by atoms with Crippen molar-refractivity contribution < 1.29 is 19.1 Å². The van der Waals surface area contributed by atoms with Gasteiger partial charge in [-0.2, -0.15) is 0 Å². The van der Waals surface area contributed by atoms with Crippen LogP contribution in [0.4, 0.5) is 0 Å². The first-order valence-electron chi connectivity index (χ1n) is 7.33. The molecular formula is C17H21NO4. The van der Waals surface area contributed by atoms with Crippen LogP contribution in [0.1, 0.15) is 25.0 Å². The van der Waals surface area contributed by atoms with Gasteiger partial charge < -0.3 is 14.8 Å². The molecule has 1 aliphatic rings. The fourth-order valence-electron chi connectivity index (χ4n) is 2.31. The Kier molecular flexibility index (Phi) is 5.20. The summed E-state index contributed by atoms with van der Waals surface area (Å²) in [5.41, 5.74) is 2.08. The van der Waals surface area contributed by atoms with Gasteiger partial charge in [0.05, 0.1) is 13.7 Å². The van der Waals surface area contributed by atoms with Crippen molar-refractivity contribution in [3.8, 4) is 5.75 Å². The molecule has 2 rings (SSSR count). The van der Waals surface area contributed by atoms with E-state index in [2.05, 4.69) is 5.32 Å². The highest BCUT2D eigenvalue weighted by molar-refractivity contribution is 5.94. The van der Waals surface area contributed by atoms with Crippen molar-refractivity contribution in [2.24, 2.45) is 5.92 Å². The zero-order valence-electron chi connectivity index (χ0n) is 13.1. The largest absolute Gasteiger partial charge is 0.493 e. The number of hydrogen-bond acceptors (Lipinski definition) is 4. The third kappa shape index (κ3) is 3.87. The fraction of sp³-hybridized carbons (Fsp3) is 0.412. The topological polar surface area (TPSA) is 64.6 Å². The highest BCUT2D eigenvalue weighted by Crippen LogP contribution is 2.26. The molecule has 1 heterocycles. The maximum atomic E-state index is 12.0. The highest BCUT2D eigenvalue weighted by atomic mass is 16.5. The fourth-order valence-corrected chi connectivity index (χ4v) is 2.31. The number of nitrogens with one attached hydrogen (secondary N) is 1. The molecule has 1 aromatic carbocycles. The van der Waals surface area contributed by atoms with Gasteiger partial charge in [-0.25, -0.2) is 4.79 Å². The number of fused-ring (bicyclic) bond motifs is 1. The minimum Gasteiger partial charge on any atom is -0.493 e. The van der Waals surface area contributed by atoms with Crippen molar-refractivity contribution in [1.29, 1.82) is 0 Å². The zero-order valence-corrected chi connectivity index (χ0v) is 13.1. The van der Waals surface area contributed by atoms with E-state index in [1.54, 1.807) is 6.08 Å². The second-order valence-electron chi connectivity index (χ2n) is 5.55. The molecular weight excluding hydrogens is 282 g/mol. The van der Waals surface area contributed by atoms with E-state index in [0.29, 0.717) is 6.61 Å². The number of amides is 1. The first-order chi connectivity index (χ1) is 10.5. The van der Waals surface area contributed by atoms with Crippen LogP contribution in [-0.2, 0) is 20.7 Å². The van der Waals surface area contributed by atoms with E-state index in [1.165, 1.54) is 13.2 Å². The lowest BCUT2D eigenvalue weighted by molar-refractivity contribution is -0.145. The van der Waals surface area contributed by atoms with Gasteiger partial charge in [-0.1, -0.05) is 19.9 Å². The van der Waals surface area contributed by atoms with E-state index in [9.17, 15) is 9.59 Å². The monoisotopic (exact) mass is 303 g/mol. The minimum absolute atomic E-state index is 0.0399. The Labute approximate surface area is 130 Å². The Bertz CT molecular complexity index is 592. The van der Waals surface area contributed by atoms with Gasteiger partial charge in [0, 0.05) is 12.5 Å².